The van der Waals surface area contributed by atoms with Crippen LogP contribution >= 0.6 is 11.6 Å². The lowest BCUT2D eigenvalue weighted by atomic mass is 9.75. The summed E-state index contributed by atoms with van der Waals surface area (Å²) in [5.74, 6) is 0.783. The Balaban J connectivity index is 2.33. The molecule has 0 saturated heterocycles. The summed E-state index contributed by atoms with van der Waals surface area (Å²) in [6.07, 6.45) is -0.592. The average molecular weight is 522 g/mol. The Morgan fingerprint density at radius 2 is 2.00 bits per heavy atom. The van der Waals surface area contributed by atoms with Crippen molar-refractivity contribution < 1.29 is 17.9 Å². The molecule has 0 aliphatic heterocycles. The Hall–Kier alpha value is -3.07. The van der Waals surface area contributed by atoms with Gasteiger partial charge in [-0.1, -0.05) is 24.6 Å². The summed E-state index contributed by atoms with van der Waals surface area (Å²) >= 11 is 6.68. The maximum Gasteiger partial charge on any atom is 0.422 e. The number of ether oxygens (including phenoxy) is 1. The van der Waals surface area contributed by atoms with Crippen LogP contribution in [0.4, 0.5) is 13.2 Å². The predicted octanol–water partition coefficient (Wildman–Crippen LogP) is 6.23. The average Bonchev–Trinajstić information content (AvgIpc) is 3.18. The summed E-state index contributed by atoms with van der Waals surface area (Å²) < 4.78 is 45.9. The maximum absolute atomic E-state index is 12.9. The highest BCUT2D eigenvalue weighted by Gasteiger charge is 2.39. The van der Waals surface area contributed by atoms with E-state index >= 15 is 0 Å². The van der Waals surface area contributed by atoms with Gasteiger partial charge in [0.2, 0.25) is 0 Å². The molecule has 2 heterocycles. The number of likely N-dealkylation sites (N-methyl/N-ethyl adjacent to an activating group) is 1. The van der Waals surface area contributed by atoms with Gasteiger partial charge in [0.15, 0.2) is 12.4 Å². The third kappa shape index (κ3) is 5.07. The van der Waals surface area contributed by atoms with Gasteiger partial charge in [0, 0.05) is 44.1 Å². The standard InChI is InChI=1S/C26H31ClF3N5O/c1-8-19-24(36-15-26(28,29)30)23(27)18-12-17(10-11-20(18)33-19)25(4,21(13-31-5)34(6)9-2)22-14-32-16(3)35(22)7/h10-14H,5,8-9,15H2,1-4,6-7H3/b21-13-. The fourth-order valence-corrected chi connectivity index (χ4v) is 4.68. The lowest BCUT2D eigenvalue weighted by molar-refractivity contribution is -0.153. The highest BCUT2D eigenvalue weighted by molar-refractivity contribution is 6.37. The van der Waals surface area contributed by atoms with E-state index in [9.17, 15) is 13.2 Å². The van der Waals surface area contributed by atoms with Crippen molar-refractivity contribution in [2.75, 3.05) is 20.2 Å². The number of pyridine rings is 1. The fourth-order valence-electron chi connectivity index (χ4n) is 4.37. The number of allylic oxidation sites excluding steroid dienone is 1. The molecule has 2 aromatic heterocycles. The molecule has 0 amide bonds. The molecular weight excluding hydrogens is 491 g/mol. The zero-order valence-corrected chi connectivity index (χ0v) is 22.1. The number of imidazole rings is 1. The monoisotopic (exact) mass is 521 g/mol. The lowest BCUT2D eigenvalue weighted by Gasteiger charge is -2.38. The lowest BCUT2D eigenvalue weighted by Crippen LogP contribution is -2.37. The van der Waals surface area contributed by atoms with E-state index < -0.39 is 18.2 Å². The molecule has 194 valence electrons. The Morgan fingerprint density at radius 1 is 1.31 bits per heavy atom. The third-order valence-corrected chi connectivity index (χ3v) is 6.96. The Labute approximate surface area is 214 Å². The second-order valence-corrected chi connectivity index (χ2v) is 9.15. The molecule has 3 rings (SSSR count). The predicted molar refractivity (Wildman–Crippen MR) is 138 cm³/mol. The van der Waals surface area contributed by atoms with Crippen molar-refractivity contribution in [3.63, 3.8) is 0 Å². The number of benzene rings is 1. The number of fused-ring (bicyclic) bond motifs is 1. The molecule has 3 aromatic rings. The SMILES string of the molecule is C=N/C=C(\N(C)CC)C(C)(c1ccc2nc(CC)c(OCC(F)(F)F)c(Cl)c2c1)c1cnc(C)n1C. The van der Waals surface area contributed by atoms with E-state index in [-0.39, 0.29) is 10.8 Å². The van der Waals surface area contributed by atoms with Crippen LogP contribution < -0.4 is 4.74 Å². The number of hydrogen-bond donors (Lipinski definition) is 0. The quantitative estimate of drug-likeness (QED) is 0.313. The number of alkyl halides is 3. The van der Waals surface area contributed by atoms with Crippen LogP contribution in [0.2, 0.25) is 5.02 Å². The first-order chi connectivity index (χ1) is 16.9. The van der Waals surface area contributed by atoms with Crippen molar-refractivity contribution in [3.05, 3.63) is 64.1 Å². The first-order valence-corrected chi connectivity index (χ1v) is 11.9. The van der Waals surface area contributed by atoms with Crippen molar-refractivity contribution >= 4 is 29.2 Å². The number of hydrogen-bond acceptors (Lipinski definition) is 5. The van der Waals surface area contributed by atoms with Crippen LogP contribution in [0, 0.1) is 6.92 Å². The summed E-state index contributed by atoms with van der Waals surface area (Å²) in [7, 11) is 3.90. The molecule has 0 saturated carbocycles. The van der Waals surface area contributed by atoms with Gasteiger partial charge in [-0.25, -0.2) is 9.97 Å². The number of rotatable bonds is 9. The van der Waals surface area contributed by atoms with Gasteiger partial charge in [0.25, 0.3) is 0 Å². The zero-order valence-electron chi connectivity index (χ0n) is 21.4. The van der Waals surface area contributed by atoms with E-state index in [4.69, 9.17) is 16.3 Å². The van der Waals surface area contributed by atoms with Gasteiger partial charge in [0.1, 0.15) is 5.82 Å². The maximum atomic E-state index is 12.9. The van der Waals surface area contributed by atoms with Gasteiger partial charge in [0.05, 0.1) is 27.3 Å². The van der Waals surface area contributed by atoms with E-state index in [1.807, 2.05) is 56.9 Å². The van der Waals surface area contributed by atoms with Gasteiger partial charge in [-0.2, -0.15) is 13.2 Å². The molecule has 10 heteroatoms. The number of halogens is 4. The van der Waals surface area contributed by atoms with Crippen LogP contribution in [0.3, 0.4) is 0 Å². The second kappa shape index (κ2) is 10.5. The van der Waals surface area contributed by atoms with Crippen LogP contribution in [0.25, 0.3) is 10.9 Å². The minimum atomic E-state index is -4.50. The van der Waals surface area contributed by atoms with Gasteiger partial charge in [-0.3, -0.25) is 4.99 Å². The number of aromatic nitrogens is 3. The molecule has 0 aliphatic carbocycles. The van der Waals surface area contributed by atoms with E-state index in [0.29, 0.717) is 29.6 Å². The van der Waals surface area contributed by atoms with Crippen molar-refractivity contribution in [2.24, 2.45) is 12.0 Å². The summed E-state index contributed by atoms with van der Waals surface area (Å²) in [4.78, 5) is 15.2. The van der Waals surface area contributed by atoms with Crippen LogP contribution in [0.5, 0.6) is 5.75 Å². The van der Waals surface area contributed by atoms with Crippen molar-refractivity contribution in [1.29, 1.82) is 0 Å². The van der Waals surface area contributed by atoms with Crippen molar-refractivity contribution in [1.82, 2.24) is 19.4 Å². The highest BCUT2D eigenvalue weighted by atomic mass is 35.5. The van der Waals surface area contributed by atoms with Crippen LogP contribution in [-0.2, 0) is 18.9 Å². The highest BCUT2D eigenvalue weighted by Crippen LogP contribution is 2.43. The molecule has 0 radical (unpaired) electrons. The molecule has 0 spiro atoms. The minimum absolute atomic E-state index is 0.0478. The molecule has 0 aliphatic rings. The van der Waals surface area contributed by atoms with Gasteiger partial charge in [-0.05, 0) is 51.6 Å². The molecule has 0 fully saturated rings. The van der Waals surface area contributed by atoms with Crippen molar-refractivity contribution in [3.8, 4) is 5.75 Å². The topological polar surface area (TPSA) is 55.5 Å². The Bertz CT molecular complexity index is 1300. The summed E-state index contributed by atoms with van der Waals surface area (Å²) in [5, 5.41) is 0.599. The second-order valence-electron chi connectivity index (χ2n) is 8.78. The fraction of sp³-hybridized carbons (Fsp3) is 0.423. The summed E-state index contributed by atoms with van der Waals surface area (Å²) in [5.41, 5.74) is 2.79. The van der Waals surface area contributed by atoms with Gasteiger partial charge >= 0.3 is 6.18 Å². The summed E-state index contributed by atoms with van der Waals surface area (Å²) in [6.45, 7) is 10.7. The molecule has 36 heavy (non-hydrogen) atoms. The van der Waals surface area contributed by atoms with Crippen molar-refractivity contribution in [2.45, 2.75) is 45.7 Å². The molecule has 1 unspecified atom stereocenters. The zero-order chi connectivity index (χ0) is 26.8. The number of aryl methyl sites for hydroxylation is 2. The van der Waals surface area contributed by atoms with E-state index in [2.05, 4.69) is 33.5 Å². The van der Waals surface area contributed by atoms with Crippen LogP contribution in [0.15, 0.2) is 41.3 Å². The number of nitrogens with zero attached hydrogens (tertiary/aromatic N) is 5. The first kappa shape index (κ1) is 27.5. The minimum Gasteiger partial charge on any atom is -0.481 e. The normalized spacial score (nSPS) is 14.1. The molecule has 0 bridgehead atoms. The molecule has 1 aromatic carbocycles. The molecular formula is C26H31ClF3N5O. The third-order valence-electron chi connectivity index (χ3n) is 6.59. The van der Waals surface area contributed by atoms with Gasteiger partial charge < -0.3 is 14.2 Å². The smallest absolute Gasteiger partial charge is 0.422 e. The molecule has 1 atom stereocenters. The Morgan fingerprint density at radius 3 is 2.53 bits per heavy atom. The molecule has 0 N–H and O–H groups in total. The van der Waals surface area contributed by atoms with Crippen LogP contribution in [-0.4, -0.2) is 52.5 Å². The van der Waals surface area contributed by atoms with Crippen LogP contribution in [0.1, 0.15) is 43.5 Å². The van der Waals surface area contributed by atoms with E-state index in [0.717, 1.165) is 22.8 Å². The largest absolute Gasteiger partial charge is 0.481 e. The Kier molecular flexibility index (Phi) is 8.03. The van der Waals surface area contributed by atoms with E-state index in [1.165, 1.54) is 0 Å². The number of aliphatic imine (C=N–C) groups is 1. The molecule has 6 nitrogen and oxygen atoms in total. The van der Waals surface area contributed by atoms with Gasteiger partial charge in [-0.15, -0.1) is 0 Å². The first-order valence-electron chi connectivity index (χ1n) is 11.6. The summed E-state index contributed by atoms with van der Waals surface area (Å²) in [6, 6.07) is 5.63. The van der Waals surface area contributed by atoms with E-state index in [1.54, 1.807) is 13.1 Å².